The number of hydrogen-bond acceptors (Lipinski definition) is 6. The van der Waals surface area contributed by atoms with E-state index in [0.717, 1.165) is 13.2 Å². The molecule has 1 amide bonds. The van der Waals surface area contributed by atoms with Gasteiger partial charge >= 0.3 is 12.1 Å². The summed E-state index contributed by atoms with van der Waals surface area (Å²) in [7, 11) is 1.15. The van der Waals surface area contributed by atoms with Crippen molar-refractivity contribution in [3.63, 3.8) is 0 Å². The molecule has 126 valence electrons. The molecule has 1 saturated heterocycles. The first-order valence-corrected chi connectivity index (χ1v) is 7.08. The van der Waals surface area contributed by atoms with Gasteiger partial charge in [-0.1, -0.05) is 0 Å². The van der Waals surface area contributed by atoms with Crippen LogP contribution in [0.3, 0.4) is 0 Å². The molecule has 23 heavy (non-hydrogen) atoms. The van der Waals surface area contributed by atoms with Crippen LogP contribution < -0.4 is 4.74 Å². The Morgan fingerprint density at radius 2 is 2.00 bits per heavy atom. The van der Waals surface area contributed by atoms with Gasteiger partial charge in [0.25, 0.3) is 0 Å². The molecule has 0 N–H and O–H groups in total. The van der Waals surface area contributed by atoms with Gasteiger partial charge in [0.15, 0.2) is 11.5 Å². The van der Waals surface area contributed by atoms with Gasteiger partial charge in [0.2, 0.25) is 0 Å². The number of carbonyl (C=O) groups excluding carboxylic acids is 2. The van der Waals surface area contributed by atoms with E-state index >= 15 is 0 Å². The summed E-state index contributed by atoms with van der Waals surface area (Å²) in [4.78, 5) is 28.2. The van der Waals surface area contributed by atoms with E-state index in [0.29, 0.717) is 13.1 Å². The van der Waals surface area contributed by atoms with Crippen molar-refractivity contribution in [2.75, 3.05) is 20.2 Å². The van der Waals surface area contributed by atoms with Gasteiger partial charge in [0.1, 0.15) is 17.5 Å². The van der Waals surface area contributed by atoms with E-state index in [4.69, 9.17) is 9.47 Å². The number of halogens is 1. The summed E-state index contributed by atoms with van der Waals surface area (Å²) in [6.07, 6.45) is 0.557. The molecule has 1 aromatic rings. The maximum Gasteiger partial charge on any atom is 0.410 e. The second kappa shape index (κ2) is 6.39. The Hall–Kier alpha value is -2.38. The molecule has 0 radical (unpaired) electrons. The number of likely N-dealkylation sites (tertiary alicyclic amines) is 1. The minimum atomic E-state index is -0.853. The molecule has 8 heteroatoms. The van der Waals surface area contributed by atoms with E-state index in [2.05, 4.69) is 9.72 Å². The number of nitrogens with zero attached hydrogens (tertiary/aromatic N) is 2. The van der Waals surface area contributed by atoms with Gasteiger partial charge in [0, 0.05) is 6.07 Å². The zero-order valence-corrected chi connectivity index (χ0v) is 13.5. The van der Waals surface area contributed by atoms with Crippen LogP contribution in [0.15, 0.2) is 12.3 Å². The van der Waals surface area contributed by atoms with E-state index in [1.165, 1.54) is 11.1 Å². The lowest BCUT2D eigenvalue weighted by Crippen LogP contribution is -2.57. The predicted molar refractivity (Wildman–Crippen MR) is 77.8 cm³/mol. The van der Waals surface area contributed by atoms with Crippen molar-refractivity contribution in [1.82, 2.24) is 9.88 Å². The van der Waals surface area contributed by atoms with Gasteiger partial charge in [0.05, 0.1) is 26.4 Å². The number of carbonyl (C=O) groups is 2. The molecule has 0 bridgehead atoms. The summed E-state index contributed by atoms with van der Waals surface area (Å²) in [6.45, 7) is 6.05. The van der Waals surface area contributed by atoms with Gasteiger partial charge in [-0.3, -0.25) is 0 Å². The Morgan fingerprint density at radius 3 is 2.52 bits per heavy atom. The van der Waals surface area contributed by atoms with Crippen LogP contribution in [-0.4, -0.2) is 53.9 Å². The van der Waals surface area contributed by atoms with Crippen LogP contribution in [0.2, 0.25) is 0 Å². The third-order valence-electron chi connectivity index (χ3n) is 3.00. The standard InChI is InChI=1S/C15H19FN2O5/c1-15(2,3)23-14(20)18-7-10(8-18)22-9-5-11(16)12(17-6-9)13(19)21-4/h5-6,10H,7-8H2,1-4H3. The molecule has 0 spiro atoms. The molecule has 0 unspecified atom stereocenters. The summed E-state index contributed by atoms with van der Waals surface area (Å²) in [6, 6.07) is 1.06. The van der Waals surface area contributed by atoms with Crippen LogP contribution in [0.4, 0.5) is 9.18 Å². The van der Waals surface area contributed by atoms with Crippen LogP contribution in [0.1, 0.15) is 31.3 Å². The number of ether oxygens (including phenoxy) is 3. The molecule has 0 saturated carbocycles. The van der Waals surface area contributed by atoms with Crippen molar-refractivity contribution >= 4 is 12.1 Å². The molecule has 0 aliphatic carbocycles. The third-order valence-corrected chi connectivity index (χ3v) is 3.00. The van der Waals surface area contributed by atoms with Crippen molar-refractivity contribution in [2.24, 2.45) is 0 Å². The Morgan fingerprint density at radius 1 is 1.35 bits per heavy atom. The molecule has 0 atom stereocenters. The molecule has 0 aromatic carbocycles. The minimum absolute atomic E-state index is 0.184. The maximum absolute atomic E-state index is 13.7. The first-order chi connectivity index (χ1) is 10.7. The average molecular weight is 326 g/mol. The SMILES string of the molecule is COC(=O)c1ncc(OC2CN(C(=O)OC(C)(C)C)C2)cc1F. The van der Waals surface area contributed by atoms with Gasteiger partial charge in [-0.05, 0) is 20.8 Å². The van der Waals surface area contributed by atoms with Crippen LogP contribution in [0, 0.1) is 5.82 Å². The van der Waals surface area contributed by atoms with Crippen LogP contribution >= 0.6 is 0 Å². The highest BCUT2D eigenvalue weighted by molar-refractivity contribution is 5.87. The fraction of sp³-hybridized carbons (Fsp3) is 0.533. The van der Waals surface area contributed by atoms with E-state index in [-0.39, 0.29) is 11.9 Å². The zero-order chi connectivity index (χ0) is 17.2. The number of aromatic nitrogens is 1. The molecule has 1 aliphatic rings. The maximum atomic E-state index is 13.7. The number of hydrogen-bond donors (Lipinski definition) is 0. The quantitative estimate of drug-likeness (QED) is 0.791. The highest BCUT2D eigenvalue weighted by Crippen LogP contribution is 2.21. The Balaban J connectivity index is 1.87. The summed E-state index contributed by atoms with van der Waals surface area (Å²) < 4.78 is 28.9. The van der Waals surface area contributed by atoms with E-state index in [1.807, 2.05) is 0 Å². The van der Waals surface area contributed by atoms with Crippen LogP contribution in [0.25, 0.3) is 0 Å². The fourth-order valence-corrected chi connectivity index (χ4v) is 1.91. The lowest BCUT2D eigenvalue weighted by molar-refractivity contribution is -0.0223. The Labute approximate surface area is 133 Å². The van der Waals surface area contributed by atoms with Gasteiger partial charge in [-0.25, -0.2) is 19.0 Å². The molecule has 7 nitrogen and oxygen atoms in total. The van der Waals surface area contributed by atoms with E-state index in [9.17, 15) is 14.0 Å². The number of amides is 1. The zero-order valence-electron chi connectivity index (χ0n) is 13.5. The summed E-state index contributed by atoms with van der Waals surface area (Å²) in [5.74, 6) is -1.49. The largest absolute Gasteiger partial charge is 0.485 e. The highest BCUT2D eigenvalue weighted by Gasteiger charge is 2.35. The fourth-order valence-electron chi connectivity index (χ4n) is 1.91. The second-order valence-electron chi connectivity index (χ2n) is 6.12. The predicted octanol–water partition coefficient (Wildman–Crippen LogP) is 2.01. The Kier molecular flexibility index (Phi) is 4.72. The summed E-state index contributed by atoms with van der Waals surface area (Å²) in [5, 5.41) is 0. The summed E-state index contributed by atoms with van der Waals surface area (Å²) >= 11 is 0. The van der Waals surface area contributed by atoms with Crippen molar-refractivity contribution in [1.29, 1.82) is 0 Å². The first-order valence-electron chi connectivity index (χ1n) is 7.08. The second-order valence-corrected chi connectivity index (χ2v) is 6.12. The lowest BCUT2D eigenvalue weighted by atomic mass is 10.1. The van der Waals surface area contributed by atoms with Crippen LogP contribution in [-0.2, 0) is 9.47 Å². The average Bonchev–Trinajstić information content (AvgIpc) is 2.39. The highest BCUT2D eigenvalue weighted by atomic mass is 19.1. The molecular weight excluding hydrogens is 307 g/mol. The third kappa shape index (κ3) is 4.30. The van der Waals surface area contributed by atoms with E-state index in [1.54, 1.807) is 20.8 Å². The number of methoxy groups -OCH3 is 1. The minimum Gasteiger partial charge on any atom is -0.485 e. The van der Waals surface area contributed by atoms with Crippen molar-refractivity contribution in [2.45, 2.75) is 32.5 Å². The van der Waals surface area contributed by atoms with Crippen LogP contribution in [0.5, 0.6) is 5.75 Å². The number of pyridine rings is 1. The van der Waals surface area contributed by atoms with Gasteiger partial charge in [-0.2, -0.15) is 0 Å². The van der Waals surface area contributed by atoms with Gasteiger partial charge in [-0.15, -0.1) is 0 Å². The van der Waals surface area contributed by atoms with Crippen molar-refractivity contribution in [3.05, 3.63) is 23.8 Å². The smallest absolute Gasteiger partial charge is 0.410 e. The normalized spacial score (nSPS) is 14.9. The van der Waals surface area contributed by atoms with Crippen molar-refractivity contribution < 1.29 is 28.2 Å². The molecular formula is C15H19FN2O5. The topological polar surface area (TPSA) is 78.0 Å². The van der Waals surface area contributed by atoms with Crippen molar-refractivity contribution in [3.8, 4) is 5.75 Å². The lowest BCUT2D eigenvalue weighted by Gasteiger charge is -2.39. The molecule has 2 rings (SSSR count). The molecule has 1 fully saturated rings. The molecule has 2 heterocycles. The number of esters is 1. The first kappa shape index (κ1) is 17.0. The molecule has 1 aromatic heterocycles. The monoisotopic (exact) mass is 326 g/mol. The Bertz CT molecular complexity index is 608. The summed E-state index contributed by atoms with van der Waals surface area (Å²) in [5.41, 5.74) is -0.955. The van der Waals surface area contributed by atoms with Gasteiger partial charge < -0.3 is 19.1 Å². The number of rotatable bonds is 3. The van der Waals surface area contributed by atoms with E-state index < -0.39 is 29.2 Å². The molecule has 1 aliphatic heterocycles.